The number of carbonyl (C=O) groups excluding carboxylic acids is 1. The molecule has 14 heteroatoms. The van der Waals surface area contributed by atoms with Gasteiger partial charge in [-0.2, -0.15) is 0 Å². The molecular weight excluding hydrogens is 1100 g/mol. The highest BCUT2D eigenvalue weighted by atomic mass is 16.7. The van der Waals surface area contributed by atoms with Crippen LogP contribution >= 0.6 is 0 Å². The maximum atomic E-state index is 13.3. The van der Waals surface area contributed by atoms with Gasteiger partial charge in [0, 0.05) is 6.42 Å². The van der Waals surface area contributed by atoms with Gasteiger partial charge in [-0.1, -0.05) is 286 Å². The van der Waals surface area contributed by atoms with E-state index in [0.29, 0.717) is 12.8 Å². The zero-order valence-corrected chi connectivity index (χ0v) is 55.3. The molecule has 0 saturated carbocycles. The minimum Gasteiger partial charge on any atom is -0.394 e. The van der Waals surface area contributed by atoms with Gasteiger partial charge in [0.2, 0.25) is 5.91 Å². The molecule has 0 spiro atoms. The third kappa shape index (κ3) is 41.7. The molecule has 2 aliphatic rings. The molecule has 2 rings (SSSR count). The molecule has 12 unspecified atom stereocenters. The molecular formula is C73H133NO13. The molecule has 14 nitrogen and oxygen atoms in total. The Morgan fingerprint density at radius 2 is 0.770 bits per heavy atom. The Morgan fingerprint density at radius 3 is 1.21 bits per heavy atom. The predicted molar refractivity (Wildman–Crippen MR) is 355 cm³/mol. The molecule has 2 heterocycles. The molecule has 1 amide bonds. The molecule has 9 N–H and O–H groups in total. The maximum Gasteiger partial charge on any atom is 0.220 e. The largest absolute Gasteiger partial charge is 0.394 e. The van der Waals surface area contributed by atoms with E-state index in [-0.39, 0.29) is 18.9 Å². The van der Waals surface area contributed by atoms with Crippen LogP contribution in [0, 0.1) is 0 Å². The molecule has 12 atom stereocenters. The minimum atomic E-state index is -1.79. The van der Waals surface area contributed by atoms with Gasteiger partial charge in [-0.15, -0.1) is 0 Å². The Balaban J connectivity index is 1.69. The van der Waals surface area contributed by atoms with Crippen LogP contribution in [0.1, 0.15) is 303 Å². The summed E-state index contributed by atoms with van der Waals surface area (Å²) in [6.45, 7) is 2.81. The van der Waals surface area contributed by atoms with Crippen LogP contribution in [0.4, 0.5) is 0 Å². The van der Waals surface area contributed by atoms with Gasteiger partial charge in [0.15, 0.2) is 12.6 Å². The van der Waals surface area contributed by atoms with Crippen molar-refractivity contribution in [1.82, 2.24) is 5.32 Å². The van der Waals surface area contributed by atoms with E-state index in [9.17, 15) is 45.6 Å². The number of allylic oxidation sites excluding steroid dienone is 9. The zero-order valence-electron chi connectivity index (χ0n) is 55.3. The van der Waals surface area contributed by atoms with E-state index in [0.717, 1.165) is 44.9 Å². The normalized spacial score (nSPS) is 23.6. The first kappa shape index (κ1) is 80.8. The highest BCUT2D eigenvalue weighted by Gasteiger charge is 2.51. The smallest absolute Gasteiger partial charge is 0.220 e. The van der Waals surface area contributed by atoms with Gasteiger partial charge in [0.1, 0.15) is 48.8 Å². The van der Waals surface area contributed by atoms with Crippen molar-refractivity contribution in [3.05, 3.63) is 60.8 Å². The second-order valence-corrected chi connectivity index (χ2v) is 25.4. The Morgan fingerprint density at radius 1 is 0.414 bits per heavy atom. The first-order valence-electron chi connectivity index (χ1n) is 36.0. The first-order chi connectivity index (χ1) is 42.6. The number of rotatable bonds is 59. The second kappa shape index (κ2) is 57.6. The maximum absolute atomic E-state index is 13.3. The average Bonchev–Trinajstić information content (AvgIpc) is 2.58. The lowest BCUT2D eigenvalue weighted by molar-refractivity contribution is -0.359. The fourth-order valence-electron chi connectivity index (χ4n) is 11.7. The van der Waals surface area contributed by atoms with Crippen LogP contribution in [0.3, 0.4) is 0 Å². The zero-order chi connectivity index (χ0) is 63.1. The lowest BCUT2D eigenvalue weighted by atomic mass is 9.97. The molecule has 2 fully saturated rings. The van der Waals surface area contributed by atoms with Crippen LogP contribution in [0.5, 0.6) is 0 Å². The summed E-state index contributed by atoms with van der Waals surface area (Å²) in [4.78, 5) is 13.3. The molecule has 2 saturated heterocycles. The van der Waals surface area contributed by atoms with Crippen molar-refractivity contribution >= 4 is 5.91 Å². The summed E-state index contributed by atoms with van der Waals surface area (Å²) in [7, 11) is 0. The third-order valence-electron chi connectivity index (χ3n) is 17.4. The van der Waals surface area contributed by atoms with Crippen molar-refractivity contribution < 1.29 is 64.6 Å². The lowest BCUT2D eigenvalue weighted by Gasteiger charge is -2.46. The number of hydrogen-bond donors (Lipinski definition) is 9. The van der Waals surface area contributed by atoms with E-state index in [1.807, 2.05) is 6.08 Å². The fraction of sp³-hybridized carbons (Fsp3) is 0.849. The first-order valence-corrected chi connectivity index (χ1v) is 36.0. The number of hydrogen-bond acceptors (Lipinski definition) is 13. The monoisotopic (exact) mass is 1230 g/mol. The summed E-state index contributed by atoms with van der Waals surface area (Å²) in [5.41, 5.74) is 0. The van der Waals surface area contributed by atoms with Crippen LogP contribution in [-0.2, 0) is 23.7 Å². The third-order valence-corrected chi connectivity index (χ3v) is 17.4. The summed E-state index contributed by atoms with van der Waals surface area (Å²) < 4.78 is 22.9. The molecule has 0 radical (unpaired) electrons. The number of aliphatic hydroxyl groups is 8. The van der Waals surface area contributed by atoms with Crippen LogP contribution < -0.4 is 5.32 Å². The standard InChI is InChI=1S/C73H133NO13/c1-3-5-7-9-11-13-15-17-19-21-23-25-27-29-31-33-35-37-39-41-43-45-47-49-51-53-55-57-65(78)74-61(60-84-72-70(83)68(81)71(64(59-76)86-72)87-73-69(82)67(80)66(79)63(58-75)85-73)62(77)56-54-52-50-48-46-44-42-40-38-36-34-32-30-28-26-24-22-20-18-16-14-12-10-8-6-4-2/h15,17,21,23,27,29,46,48,54,56,61-64,66-73,75-77,79-83H,3-14,16,18-20,22,24-26,28,30-45,47,49-53,55,57-60H2,1-2H3,(H,74,78)/b17-15-,23-21-,29-27-,48-46+,56-54+. The second-order valence-electron chi connectivity index (χ2n) is 25.4. The molecule has 0 aromatic rings. The van der Waals surface area contributed by atoms with Gasteiger partial charge in [-0.25, -0.2) is 0 Å². The van der Waals surface area contributed by atoms with E-state index in [4.69, 9.17) is 18.9 Å². The summed E-state index contributed by atoms with van der Waals surface area (Å²) in [6.07, 6.45) is 59.9. The van der Waals surface area contributed by atoms with E-state index >= 15 is 0 Å². The average molecular weight is 1230 g/mol. The summed E-state index contributed by atoms with van der Waals surface area (Å²) in [5, 5.41) is 87.5. The summed E-state index contributed by atoms with van der Waals surface area (Å²) >= 11 is 0. The topological polar surface area (TPSA) is 228 Å². The molecule has 0 aliphatic carbocycles. The number of amides is 1. The molecule has 0 bridgehead atoms. The summed E-state index contributed by atoms with van der Waals surface area (Å²) in [6, 6.07) is -0.936. The van der Waals surface area contributed by atoms with Crippen molar-refractivity contribution in [3.63, 3.8) is 0 Å². The van der Waals surface area contributed by atoms with Crippen LogP contribution in [0.15, 0.2) is 60.8 Å². The van der Waals surface area contributed by atoms with Crippen LogP contribution in [-0.4, -0.2) is 140 Å². The van der Waals surface area contributed by atoms with Gasteiger partial charge in [-0.3, -0.25) is 4.79 Å². The summed E-state index contributed by atoms with van der Waals surface area (Å²) in [5.74, 6) is -0.249. The number of carbonyl (C=O) groups is 1. The van der Waals surface area contributed by atoms with E-state index < -0.39 is 86.8 Å². The van der Waals surface area contributed by atoms with Crippen molar-refractivity contribution in [1.29, 1.82) is 0 Å². The lowest BCUT2D eigenvalue weighted by Crippen LogP contribution is -2.65. The molecule has 0 aromatic carbocycles. The van der Waals surface area contributed by atoms with Crippen molar-refractivity contribution in [2.75, 3.05) is 19.8 Å². The highest BCUT2D eigenvalue weighted by Crippen LogP contribution is 2.30. The Kier molecular flexibility index (Phi) is 53.5. The van der Waals surface area contributed by atoms with Gasteiger partial charge in [-0.05, 0) is 70.6 Å². The van der Waals surface area contributed by atoms with Crippen molar-refractivity contribution in [3.8, 4) is 0 Å². The molecule has 2 aliphatic heterocycles. The molecule has 87 heavy (non-hydrogen) atoms. The Bertz CT molecular complexity index is 1690. The van der Waals surface area contributed by atoms with Gasteiger partial charge < -0.3 is 65.1 Å². The van der Waals surface area contributed by atoms with Crippen LogP contribution in [0.25, 0.3) is 0 Å². The van der Waals surface area contributed by atoms with E-state index in [1.165, 1.54) is 225 Å². The Hall–Kier alpha value is -2.31. The van der Waals surface area contributed by atoms with E-state index in [1.54, 1.807) is 6.08 Å². The number of nitrogens with one attached hydrogen (secondary N) is 1. The number of ether oxygens (including phenoxy) is 4. The van der Waals surface area contributed by atoms with Crippen molar-refractivity contribution in [2.45, 2.75) is 376 Å². The SMILES string of the molecule is CCCCCCC/C=C\C/C=C\C/C=C\CCCCCCCCCCCCCCC(=O)NC(COC1OC(CO)C(OC2OC(CO)C(O)C(O)C2O)C(O)C1O)C(O)/C=C/CC/C=C/CCCCCCCCCCCCCCCCCCCCCC. The number of unbranched alkanes of at least 4 members (excludes halogenated alkanes) is 38. The van der Waals surface area contributed by atoms with E-state index in [2.05, 4.69) is 67.8 Å². The Labute approximate surface area is 530 Å². The highest BCUT2D eigenvalue weighted by molar-refractivity contribution is 5.76. The minimum absolute atomic E-state index is 0.249. The van der Waals surface area contributed by atoms with Gasteiger partial charge >= 0.3 is 0 Å². The molecule has 508 valence electrons. The van der Waals surface area contributed by atoms with Gasteiger partial charge in [0.25, 0.3) is 0 Å². The fourth-order valence-corrected chi connectivity index (χ4v) is 11.7. The molecule has 0 aromatic heterocycles. The quantitative estimate of drug-likeness (QED) is 0.0204. The van der Waals surface area contributed by atoms with Crippen molar-refractivity contribution in [2.24, 2.45) is 0 Å². The number of aliphatic hydroxyl groups excluding tert-OH is 8. The van der Waals surface area contributed by atoms with Crippen LogP contribution in [0.2, 0.25) is 0 Å². The van der Waals surface area contributed by atoms with Gasteiger partial charge in [0.05, 0.1) is 32.0 Å². The predicted octanol–water partition coefficient (Wildman–Crippen LogP) is 14.8.